The number of hydrogen-bond acceptors (Lipinski definition) is 9. The van der Waals surface area contributed by atoms with Crippen molar-refractivity contribution in [1.82, 2.24) is 24.8 Å². The van der Waals surface area contributed by atoms with Crippen molar-refractivity contribution in [3.63, 3.8) is 0 Å². The number of nitrogen functional groups attached to an aromatic ring is 1. The van der Waals surface area contributed by atoms with Gasteiger partial charge in [-0.1, -0.05) is 0 Å². The Labute approximate surface area is 175 Å². The smallest absolute Gasteiger partial charge is 0.384 e. The number of halogens is 3. The Morgan fingerprint density at radius 2 is 1.58 bits per heavy atom. The number of piperazine rings is 1. The van der Waals surface area contributed by atoms with E-state index in [1.807, 2.05) is 9.80 Å². The first-order chi connectivity index (χ1) is 14.8. The van der Waals surface area contributed by atoms with Crippen LogP contribution in [0.2, 0.25) is 0 Å². The summed E-state index contributed by atoms with van der Waals surface area (Å²) in [6, 6.07) is 0.774. The number of nitrogens with two attached hydrogens (primary N) is 1. The summed E-state index contributed by atoms with van der Waals surface area (Å²) < 4.78 is 46.4. The molecule has 4 rings (SSSR count). The van der Waals surface area contributed by atoms with E-state index in [0.717, 1.165) is 18.7 Å². The quantitative estimate of drug-likeness (QED) is 0.688. The van der Waals surface area contributed by atoms with Gasteiger partial charge in [0, 0.05) is 45.5 Å². The molecule has 13 heteroatoms. The molecule has 2 saturated heterocycles. The summed E-state index contributed by atoms with van der Waals surface area (Å²) in [6.45, 7) is 3.79. The highest BCUT2D eigenvalue weighted by Crippen LogP contribution is 2.37. The summed E-state index contributed by atoms with van der Waals surface area (Å²) in [5.74, 6) is 0.140. The highest BCUT2D eigenvalue weighted by Gasteiger charge is 2.36. The van der Waals surface area contributed by atoms with Crippen LogP contribution in [0.25, 0.3) is 11.4 Å². The van der Waals surface area contributed by atoms with Gasteiger partial charge < -0.3 is 25.2 Å². The van der Waals surface area contributed by atoms with Crippen LogP contribution in [0.1, 0.15) is 5.56 Å². The average Bonchev–Trinajstić information content (AvgIpc) is 2.79. The number of pyridine rings is 1. The van der Waals surface area contributed by atoms with E-state index in [2.05, 4.69) is 19.9 Å². The first-order valence-corrected chi connectivity index (χ1v) is 9.71. The molecule has 166 valence electrons. The van der Waals surface area contributed by atoms with Crippen LogP contribution in [0.4, 0.5) is 30.9 Å². The van der Waals surface area contributed by atoms with Crippen molar-refractivity contribution in [1.29, 1.82) is 0 Å². The molecule has 2 aliphatic rings. The van der Waals surface area contributed by atoms with Gasteiger partial charge in [-0.2, -0.15) is 28.1 Å². The van der Waals surface area contributed by atoms with E-state index in [1.165, 1.54) is 0 Å². The standard InChI is InChI=1S/C18H21F3N8O2/c19-18(20,21)13-9-14(22)23-10-12(13)15-24-16(28-3-1-27(11-30)2-4-28)26-17(25-15)29-5-7-31-8-6-29/h9-11H,1-8H2,(H2,22,23). The molecule has 0 unspecified atom stereocenters. The number of hydrogen-bond donors (Lipinski definition) is 1. The number of ether oxygens (including phenoxy) is 1. The second kappa shape index (κ2) is 8.49. The zero-order valence-electron chi connectivity index (χ0n) is 16.5. The molecule has 0 radical (unpaired) electrons. The third kappa shape index (κ3) is 4.60. The van der Waals surface area contributed by atoms with Gasteiger partial charge in [0.1, 0.15) is 5.82 Å². The average molecular weight is 438 g/mol. The minimum Gasteiger partial charge on any atom is -0.384 e. The number of carbonyl (C=O) groups is 1. The van der Waals surface area contributed by atoms with Crippen molar-refractivity contribution in [2.75, 3.05) is 68.0 Å². The lowest BCUT2D eigenvalue weighted by molar-refractivity contribution is -0.137. The van der Waals surface area contributed by atoms with E-state index in [-0.39, 0.29) is 29.1 Å². The second-order valence-corrected chi connectivity index (χ2v) is 7.14. The molecule has 31 heavy (non-hydrogen) atoms. The summed E-state index contributed by atoms with van der Waals surface area (Å²) in [6.07, 6.45) is -2.86. The van der Waals surface area contributed by atoms with Crippen LogP contribution in [0, 0.1) is 0 Å². The topological polar surface area (TPSA) is 114 Å². The summed E-state index contributed by atoms with van der Waals surface area (Å²) in [5.41, 5.74) is 4.26. The number of alkyl halides is 3. The van der Waals surface area contributed by atoms with Gasteiger partial charge in [0.15, 0.2) is 5.82 Å². The number of morpholine rings is 1. The summed E-state index contributed by atoms with van der Waals surface area (Å²) >= 11 is 0. The van der Waals surface area contributed by atoms with Crippen LogP contribution in [0.5, 0.6) is 0 Å². The molecule has 2 N–H and O–H groups in total. The zero-order chi connectivity index (χ0) is 22.0. The Morgan fingerprint density at radius 3 is 2.16 bits per heavy atom. The SMILES string of the molecule is Nc1cc(C(F)(F)F)c(-c2nc(N3CCOCC3)nc(N3CCN(C=O)CC3)n2)cn1. The Kier molecular flexibility index (Phi) is 5.76. The Hall–Kier alpha value is -3.22. The lowest BCUT2D eigenvalue weighted by Crippen LogP contribution is -2.46. The lowest BCUT2D eigenvalue weighted by Gasteiger charge is -2.33. The van der Waals surface area contributed by atoms with E-state index >= 15 is 0 Å². The fraction of sp³-hybridized carbons (Fsp3) is 0.500. The van der Waals surface area contributed by atoms with Crippen LogP contribution in [-0.4, -0.2) is 83.7 Å². The summed E-state index contributed by atoms with van der Waals surface area (Å²) in [4.78, 5) is 33.3. The molecule has 2 aromatic heterocycles. The predicted molar refractivity (Wildman–Crippen MR) is 105 cm³/mol. The van der Waals surface area contributed by atoms with Gasteiger partial charge in [0.25, 0.3) is 0 Å². The Morgan fingerprint density at radius 1 is 0.968 bits per heavy atom. The fourth-order valence-corrected chi connectivity index (χ4v) is 3.43. The minimum absolute atomic E-state index is 0.135. The molecule has 2 aliphatic heterocycles. The van der Waals surface area contributed by atoms with Gasteiger partial charge in [0.05, 0.1) is 24.3 Å². The molecule has 2 aromatic rings. The third-order valence-corrected chi connectivity index (χ3v) is 5.12. The van der Waals surface area contributed by atoms with E-state index < -0.39 is 11.7 Å². The molecule has 0 aliphatic carbocycles. The van der Waals surface area contributed by atoms with Crippen LogP contribution in [0.3, 0.4) is 0 Å². The minimum atomic E-state index is -4.66. The molecule has 0 atom stereocenters. The number of carbonyl (C=O) groups excluding carboxylic acids is 1. The van der Waals surface area contributed by atoms with Crippen molar-refractivity contribution < 1.29 is 22.7 Å². The monoisotopic (exact) mass is 438 g/mol. The van der Waals surface area contributed by atoms with Gasteiger partial charge in [0.2, 0.25) is 18.3 Å². The first-order valence-electron chi connectivity index (χ1n) is 9.71. The number of amides is 1. The number of rotatable bonds is 4. The third-order valence-electron chi connectivity index (χ3n) is 5.12. The second-order valence-electron chi connectivity index (χ2n) is 7.14. The van der Waals surface area contributed by atoms with Gasteiger partial charge in [-0.25, -0.2) is 4.98 Å². The van der Waals surface area contributed by atoms with Crippen molar-refractivity contribution in [3.05, 3.63) is 17.8 Å². The van der Waals surface area contributed by atoms with Gasteiger partial charge in [-0.05, 0) is 6.07 Å². The lowest BCUT2D eigenvalue weighted by atomic mass is 10.1. The van der Waals surface area contributed by atoms with Crippen LogP contribution < -0.4 is 15.5 Å². The maximum absolute atomic E-state index is 13.7. The molecule has 4 heterocycles. The Bertz CT molecular complexity index is 944. The van der Waals surface area contributed by atoms with E-state index in [1.54, 1.807) is 4.90 Å². The molecule has 2 fully saturated rings. The number of anilines is 3. The van der Waals surface area contributed by atoms with Crippen molar-refractivity contribution >= 4 is 24.1 Å². The van der Waals surface area contributed by atoms with E-state index in [9.17, 15) is 18.0 Å². The highest BCUT2D eigenvalue weighted by molar-refractivity contribution is 5.64. The van der Waals surface area contributed by atoms with Gasteiger partial charge in [-0.15, -0.1) is 0 Å². The molecule has 0 aromatic carbocycles. The van der Waals surface area contributed by atoms with Crippen molar-refractivity contribution in [2.24, 2.45) is 0 Å². The van der Waals surface area contributed by atoms with Crippen molar-refractivity contribution in [2.45, 2.75) is 6.18 Å². The fourth-order valence-electron chi connectivity index (χ4n) is 3.43. The zero-order valence-corrected chi connectivity index (χ0v) is 16.5. The number of aromatic nitrogens is 4. The molecule has 0 saturated carbocycles. The maximum atomic E-state index is 13.7. The van der Waals surface area contributed by atoms with Crippen LogP contribution >= 0.6 is 0 Å². The molecule has 1 amide bonds. The van der Waals surface area contributed by atoms with E-state index in [4.69, 9.17) is 10.5 Å². The summed E-state index contributed by atoms with van der Waals surface area (Å²) in [5, 5.41) is 0. The Balaban J connectivity index is 1.78. The predicted octanol–water partition coefficient (Wildman–Crippen LogP) is 0.650. The van der Waals surface area contributed by atoms with Gasteiger partial charge in [-0.3, -0.25) is 4.79 Å². The normalized spacial score (nSPS) is 17.7. The summed E-state index contributed by atoms with van der Waals surface area (Å²) in [7, 11) is 0. The highest BCUT2D eigenvalue weighted by atomic mass is 19.4. The van der Waals surface area contributed by atoms with Crippen LogP contribution in [-0.2, 0) is 15.7 Å². The first kappa shape index (κ1) is 21.0. The number of nitrogens with zero attached hydrogens (tertiary/aromatic N) is 7. The van der Waals surface area contributed by atoms with Crippen LogP contribution in [0.15, 0.2) is 12.3 Å². The molecular formula is C18H21F3N8O2. The van der Waals surface area contributed by atoms with Crippen molar-refractivity contribution in [3.8, 4) is 11.4 Å². The van der Waals surface area contributed by atoms with Gasteiger partial charge >= 0.3 is 6.18 Å². The molecule has 0 spiro atoms. The largest absolute Gasteiger partial charge is 0.417 e. The molecule has 10 nitrogen and oxygen atoms in total. The molecular weight excluding hydrogens is 417 g/mol. The van der Waals surface area contributed by atoms with E-state index in [0.29, 0.717) is 52.5 Å². The maximum Gasteiger partial charge on any atom is 0.417 e. The molecule has 0 bridgehead atoms.